The summed E-state index contributed by atoms with van der Waals surface area (Å²) in [4.78, 5) is 0. The summed E-state index contributed by atoms with van der Waals surface area (Å²) in [7, 11) is 0. The van der Waals surface area contributed by atoms with Gasteiger partial charge in [0.15, 0.2) is 0 Å². The highest BCUT2D eigenvalue weighted by molar-refractivity contribution is 6.31. The fourth-order valence-corrected chi connectivity index (χ4v) is 2.30. The van der Waals surface area contributed by atoms with Gasteiger partial charge in [0.1, 0.15) is 0 Å². The molecule has 0 aromatic heterocycles. The summed E-state index contributed by atoms with van der Waals surface area (Å²) < 4.78 is 5.77. The first-order valence-electron chi connectivity index (χ1n) is 5.74. The lowest BCUT2D eigenvalue weighted by atomic mass is 10.1. The molecule has 0 aliphatic heterocycles. The number of nitriles is 1. The second kappa shape index (κ2) is 5.50. The minimum atomic E-state index is 0.247. The van der Waals surface area contributed by atoms with Crippen LogP contribution < -0.4 is 5.73 Å². The molecule has 4 heteroatoms. The summed E-state index contributed by atoms with van der Waals surface area (Å²) in [6, 6.07) is 7.60. The van der Waals surface area contributed by atoms with Crippen LogP contribution in [0.2, 0.25) is 5.02 Å². The van der Waals surface area contributed by atoms with Gasteiger partial charge in [-0.25, -0.2) is 0 Å². The Hall–Kier alpha value is -1.08. The number of benzene rings is 1. The maximum atomic E-state index is 8.73. The molecule has 2 N–H and O–H groups in total. The van der Waals surface area contributed by atoms with E-state index in [0.29, 0.717) is 17.2 Å². The monoisotopic (exact) mass is 250 g/mol. The zero-order chi connectivity index (χ0) is 12.3. The van der Waals surface area contributed by atoms with Crippen molar-refractivity contribution >= 4 is 11.6 Å². The molecule has 0 amide bonds. The van der Waals surface area contributed by atoms with Gasteiger partial charge in [0.2, 0.25) is 0 Å². The van der Waals surface area contributed by atoms with Crippen LogP contribution in [0.25, 0.3) is 0 Å². The number of hydrogen-bond acceptors (Lipinski definition) is 3. The van der Waals surface area contributed by atoms with Crippen molar-refractivity contribution in [2.45, 2.75) is 38.0 Å². The highest BCUT2D eigenvalue weighted by Crippen LogP contribution is 2.24. The smallest absolute Gasteiger partial charge is 0.0992 e. The SMILES string of the molecule is N#Cc1ccc(COC2CCC(N)C2)c(Cl)c1. The van der Waals surface area contributed by atoms with Gasteiger partial charge >= 0.3 is 0 Å². The lowest BCUT2D eigenvalue weighted by Crippen LogP contribution is -2.17. The second-order valence-corrected chi connectivity index (χ2v) is 4.83. The van der Waals surface area contributed by atoms with E-state index in [4.69, 9.17) is 27.3 Å². The highest BCUT2D eigenvalue weighted by atomic mass is 35.5. The molecule has 2 unspecified atom stereocenters. The van der Waals surface area contributed by atoms with Crippen molar-refractivity contribution < 1.29 is 4.74 Å². The molecular formula is C13H15ClN2O. The number of nitrogens with zero attached hydrogens (tertiary/aromatic N) is 1. The van der Waals surface area contributed by atoms with Crippen LogP contribution in [0.15, 0.2) is 18.2 Å². The minimum absolute atomic E-state index is 0.247. The van der Waals surface area contributed by atoms with E-state index in [-0.39, 0.29) is 12.1 Å². The molecule has 0 saturated heterocycles. The zero-order valence-electron chi connectivity index (χ0n) is 9.53. The molecule has 0 spiro atoms. The van der Waals surface area contributed by atoms with E-state index in [2.05, 4.69) is 6.07 Å². The predicted molar refractivity (Wildman–Crippen MR) is 66.6 cm³/mol. The fraction of sp³-hybridized carbons (Fsp3) is 0.462. The third-order valence-corrected chi connectivity index (χ3v) is 3.43. The molecule has 2 atom stereocenters. The van der Waals surface area contributed by atoms with Crippen LogP contribution in [0.5, 0.6) is 0 Å². The summed E-state index contributed by atoms with van der Waals surface area (Å²) in [5.41, 5.74) is 7.31. The Balaban J connectivity index is 1.93. The standard InChI is InChI=1S/C13H15ClN2O/c14-13-5-9(7-15)1-2-10(13)8-17-12-4-3-11(16)6-12/h1-2,5,11-12H,3-4,6,8,16H2. The highest BCUT2D eigenvalue weighted by Gasteiger charge is 2.22. The summed E-state index contributed by atoms with van der Waals surface area (Å²) in [5.74, 6) is 0. The van der Waals surface area contributed by atoms with Crippen LogP contribution in [0.1, 0.15) is 30.4 Å². The lowest BCUT2D eigenvalue weighted by Gasteiger charge is -2.12. The molecule has 17 heavy (non-hydrogen) atoms. The Morgan fingerprint density at radius 1 is 1.47 bits per heavy atom. The molecule has 1 fully saturated rings. The van der Waals surface area contributed by atoms with Gasteiger partial charge in [-0.1, -0.05) is 17.7 Å². The van der Waals surface area contributed by atoms with Crippen molar-refractivity contribution in [3.05, 3.63) is 34.3 Å². The Kier molecular flexibility index (Phi) is 4.01. The molecule has 90 valence electrons. The second-order valence-electron chi connectivity index (χ2n) is 4.42. The van der Waals surface area contributed by atoms with Crippen LogP contribution in [0.3, 0.4) is 0 Å². The Morgan fingerprint density at radius 2 is 2.29 bits per heavy atom. The largest absolute Gasteiger partial charge is 0.373 e. The van der Waals surface area contributed by atoms with E-state index in [1.54, 1.807) is 12.1 Å². The molecule has 1 aromatic rings. The molecule has 1 aliphatic carbocycles. The Labute approximate surface area is 106 Å². The number of rotatable bonds is 3. The lowest BCUT2D eigenvalue weighted by molar-refractivity contribution is 0.0449. The average molecular weight is 251 g/mol. The molecular weight excluding hydrogens is 236 g/mol. The Morgan fingerprint density at radius 3 is 2.88 bits per heavy atom. The van der Waals surface area contributed by atoms with E-state index in [0.717, 1.165) is 24.8 Å². The van der Waals surface area contributed by atoms with Crippen LogP contribution in [-0.4, -0.2) is 12.1 Å². The first-order chi connectivity index (χ1) is 8.19. The third-order valence-electron chi connectivity index (χ3n) is 3.08. The van der Waals surface area contributed by atoms with Gasteiger partial charge in [-0.05, 0) is 37.0 Å². The van der Waals surface area contributed by atoms with Gasteiger partial charge in [-0.15, -0.1) is 0 Å². The number of hydrogen-bond donors (Lipinski definition) is 1. The van der Waals surface area contributed by atoms with Crippen LogP contribution in [0.4, 0.5) is 0 Å². The normalized spacial score (nSPS) is 23.6. The van der Waals surface area contributed by atoms with E-state index in [9.17, 15) is 0 Å². The third kappa shape index (κ3) is 3.19. The van der Waals surface area contributed by atoms with Crippen molar-refractivity contribution in [1.29, 1.82) is 5.26 Å². The summed E-state index contributed by atoms with van der Waals surface area (Å²) >= 11 is 6.07. The van der Waals surface area contributed by atoms with Gasteiger partial charge in [0.05, 0.1) is 24.3 Å². The molecule has 1 aromatic carbocycles. The molecule has 0 heterocycles. The molecule has 1 saturated carbocycles. The van der Waals surface area contributed by atoms with Gasteiger partial charge in [0, 0.05) is 11.1 Å². The minimum Gasteiger partial charge on any atom is -0.373 e. The Bertz CT molecular complexity index is 442. The fourth-order valence-electron chi connectivity index (χ4n) is 2.07. The summed E-state index contributed by atoms with van der Waals surface area (Å²) in [6.07, 6.45) is 3.23. The number of ether oxygens (including phenoxy) is 1. The van der Waals surface area contributed by atoms with Gasteiger partial charge in [-0.3, -0.25) is 0 Å². The first kappa shape index (κ1) is 12.4. The maximum Gasteiger partial charge on any atom is 0.0992 e. The topological polar surface area (TPSA) is 59.0 Å². The molecule has 2 rings (SSSR count). The molecule has 0 radical (unpaired) electrons. The van der Waals surface area contributed by atoms with Crippen molar-refractivity contribution in [3.8, 4) is 6.07 Å². The van der Waals surface area contributed by atoms with Crippen molar-refractivity contribution in [2.75, 3.05) is 0 Å². The zero-order valence-corrected chi connectivity index (χ0v) is 10.3. The van der Waals surface area contributed by atoms with Crippen LogP contribution >= 0.6 is 11.6 Å². The maximum absolute atomic E-state index is 8.73. The van der Waals surface area contributed by atoms with Crippen molar-refractivity contribution in [2.24, 2.45) is 5.73 Å². The average Bonchev–Trinajstić information content (AvgIpc) is 2.73. The summed E-state index contributed by atoms with van der Waals surface area (Å²) in [6.45, 7) is 0.488. The van der Waals surface area contributed by atoms with E-state index in [1.807, 2.05) is 6.07 Å². The quantitative estimate of drug-likeness (QED) is 0.897. The molecule has 0 bridgehead atoms. The van der Waals surface area contributed by atoms with Crippen LogP contribution in [-0.2, 0) is 11.3 Å². The predicted octanol–water partition coefficient (Wildman–Crippen LogP) is 2.61. The first-order valence-corrected chi connectivity index (χ1v) is 6.12. The number of nitrogens with two attached hydrogens (primary N) is 1. The van der Waals surface area contributed by atoms with Crippen LogP contribution in [0, 0.1) is 11.3 Å². The van der Waals surface area contributed by atoms with Crippen molar-refractivity contribution in [3.63, 3.8) is 0 Å². The van der Waals surface area contributed by atoms with E-state index >= 15 is 0 Å². The van der Waals surface area contributed by atoms with E-state index < -0.39 is 0 Å². The summed E-state index contributed by atoms with van der Waals surface area (Å²) in [5, 5.41) is 9.32. The van der Waals surface area contributed by atoms with Gasteiger partial charge < -0.3 is 10.5 Å². The number of halogens is 1. The molecule has 3 nitrogen and oxygen atoms in total. The van der Waals surface area contributed by atoms with Crippen molar-refractivity contribution in [1.82, 2.24) is 0 Å². The van der Waals surface area contributed by atoms with Gasteiger partial charge in [-0.2, -0.15) is 5.26 Å². The van der Waals surface area contributed by atoms with Gasteiger partial charge in [0.25, 0.3) is 0 Å². The molecule has 1 aliphatic rings. The van der Waals surface area contributed by atoms with E-state index in [1.165, 1.54) is 0 Å².